The third-order valence-electron chi connectivity index (χ3n) is 5.05. The van der Waals surface area contributed by atoms with Gasteiger partial charge in [-0.3, -0.25) is 19.5 Å². The Hall–Kier alpha value is -2.78. The number of nitrogens with zero attached hydrogens (tertiary/aromatic N) is 4. The molecule has 0 atom stereocenters. The van der Waals surface area contributed by atoms with E-state index >= 15 is 0 Å². The highest BCUT2D eigenvalue weighted by molar-refractivity contribution is 7.22. The Morgan fingerprint density at radius 3 is 2.76 bits per heavy atom. The molecule has 0 unspecified atom stereocenters. The lowest BCUT2D eigenvalue weighted by Gasteiger charge is -2.27. The zero-order valence-electron chi connectivity index (χ0n) is 16.5. The van der Waals surface area contributed by atoms with Crippen LogP contribution in [0.25, 0.3) is 10.2 Å². The molecule has 3 aromatic rings. The third-order valence-corrected chi connectivity index (χ3v) is 6.17. The number of aryl methyl sites for hydroxylation is 1. The number of nitrogens with one attached hydrogen (secondary N) is 1. The first-order valence-electron chi connectivity index (χ1n) is 9.57. The van der Waals surface area contributed by atoms with Gasteiger partial charge in [0.2, 0.25) is 11.9 Å². The van der Waals surface area contributed by atoms with E-state index in [1.165, 1.54) is 11.3 Å². The summed E-state index contributed by atoms with van der Waals surface area (Å²) in [6, 6.07) is 7.79. The number of carbonyl (C=O) groups excluding carboxylic acids is 1. The van der Waals surface area contributed by atoms with E-state index in [0.717, 1.165) is 10.2 Å². The minimum atomic E-state index is -0.186. The molecule has 1 fully saturated rings. The van der Waals surface area contributed by atoms with Crippen LogP contribution < -0.4 is 15.4 Å². The summed E-state index contributed by atoms with van der Waals surface area (Å²) in [6.07, 6.45) is 0.556. The highest BCUT2D eigenvalue weighted by atomic mass is 32.1. The number of aromatic amines is 1. The molecule has 9 heteroatoms. The zero-order valence-corrected chi connectivity index (χ0v) is 17.3. The number of fused-ring (bicyclic) bond motifs is 1. The van der Waals surface area contributed by atoms with E-state index in [4.69, 9.17) is 4.74 Å². The molecule has 152 valence electrons. The molecule has 1 aliphatic heterocycles. The lowest BCUT2D eigenvalue weighted by molar-refractivity contribution is -0.118. The first kappa shape index (κ1) is 19.5. The smallest absolute Gasteiger partial charge is 0.255 e. The lowest BCUT2D eigenvalue weighted by atomic mass is 10.1. The summed E-state index contributed by atoms with van der Waals surface area (Å²) in [7, 11) is 1.72. The van der Waals surface area contributed by atoms with Gasteiger partial charge in [0.25, 0.3) is 5.56 Å². The molecule has 0 saturated carbocycles. The number of aromatic nitrogens is 3. The summed E-state index contributed by atoms with van der Waals surface area (Å²) >= 11 is 1.48. The van der Waals surface area contributed by atoms with Gasteiger partial charge >= 0.3 is 0 Å². The summed E-state index contributed by atoms with van der Waals surface area (Å²) in [5.41, 5.74) is 1.90. The number of thiazole rings is 1. The van der Waals surface area contributed by atoms with Gasteiger partial charge in [-0.1, -0.05) is 23.5 Å². The molecule has 1 saturated heterocycles. The summed E-state index contributed by atoms with van der Waals surface area (Å²) in [5.74, 6) is 0.484. The number of rotatable bonds is 5. The minimum absolute atomic E-state index is 0.0832. The van der Waals surface area contributed by atoms with Gasteiger partial charge in [0, 0.05) is 37.8 Å². The quantitative estimate of drug-likeness (QED) is 0.689. The molecule has 29 heavy (non-hydrogen) atoms. The van der Waals surface area contributed by atoms with E-state index in [2.05, 4.69) is 15.0 Å². The molecule has 8 nitrogen and oxygen atoms in total. The highest BCUT2D eigenvalue weighted by Crippen LogP contribution is 2.28. The molecule has 0 aliphatic carbocycles. The number of morpholine rings is 1. The van der Waals surface area contributed by atoms with Gasteiger partial charge in [-0.2, -0.15) is 0 Å². The third kappa shape index (κ3) is 4.15. The maximum Gasteiger partial charge on any atom is 0.255 e. The Balaban J connectivity index is 1.45. The van der Waals surface area contributed by atoms with Crippen molar-refractivity contribution in [2.24, 2.45) is 0 Å². The number of para-hydroxylation sites is 1. The normalized spacial score (nSPS) is 14.3. The number of hydrogen-bond acceptors (Lipinski definition) is 7. The molecular weight excluding hydrogens is 390 g/mol. The Labute approximate surface area is 172 Å². The fourth-order valence-electron chi connectivity index (χ4n) is 3.32. The number of carbonyl (C=O) groups is 1. The summed E-state index contributed by atoms with van der Waals surface area (Å²) in [6.45, 7) is 4.46. The summed E-state index contributed by atoms with van der Waals surface area (Å²) in [5, 5.41) is 0.655. The zero-order chi connectivity index (χ0) is 20.4. The van der Waals surface area contributed by atoms with Crippen molar-refractivity contribution in [1.29, 1.82) is 0 Å². The van der Waals surface area contributed by atoms with Crippen molar-refractivity contribution >= 4 is 38.5 Å². The van der Waals surface area contributed by atoms with E-state index in [-0.39, 0.29) is 17.9 Å². The molecular formula is C20H23N5O3S. The lowest BCUT2D eigenvalue weighted by Crippen LogP contribution is -2.38. The van der Waals surface area contributed by atoms with Gasteiger partial charge in [0.05, 0.1) is 23.4 Å². The van der Waals surface area contributed by atoms with Crippen LogP contribution in [0.15, 0.2) is 29.1 Å². The first-order valence-corrected chi connectivity index (χ1v) is 10.4. The van der Waals surface area contributed by atoms with E-state index < -0.39 is 0 Å². The van der Waals surface area contributed by atoms with Crippen LogP contribution in [0.2, 0.25) is 0 Å². The molecule has 1 amide bonds. The monoisotopic (exact) mass is 413 g/mol. The molecule has 1 aliphatic rings. The van der Waals surface area contributed by atoms with Crippen LogP contribution in [0.3, 0.4) is 0 Å². The first-order chi connectivity index (χ1) is 14.0. The molecule has 1 N–H and O–H groups in total. The largest absolute Gasteiger partial charge is 0.378 e. The fourth-order valence-corrected chi connectivity index (χ4v) is 4.27. The molecule has 1 aromatic carbocycles. The van der Waals surface area contributed by atoms with Crippen LogP contribution in [0.4, 0.5) is 11.1 Å². The highest BCUT2D eigenvalue weighted by Gasteiger charge is 2.19. The van der Waals surface area contributed by atoms with E-state index in [9.17, 15) is 9.59 Å². The van der Waals surface area contributed by atoms with Crippen molar-refractivity contribution in [3.05, 3.63) is 45.9 Å². The number of benzene rings is 1. The van der Waals surface area contributed by atoms with Crippen molar-refractivity contribution < 1.29 is 9.53 Å². The predicted octanol–water partition coefficient (Wildman–Crippen LogP) is 2.12. The summed E-state index contributed by atoms with van der Waals surface area (Å²) in [4.78, 5) is 40.7. The average molecular weight is 414 g/mol. The molecule has 2 aromatic heterocycles. The number of amides is 1. The van der Waals surface area contributed by atoms with Crippen LogP contribution in [-0.2, 0) is 16.0 Å². The molecule has 4 rings (SSSR count). The van der Waals surface area contributed by atoms with Gasteiger partial charge in [0.1, 0.15) is 0 Å². The molecule has 0 radical (unpaired) electrons. The molecule has 3 heterocycles. The maximum atomic E-state index is 12.7. The maximum absolute atomic E-state index is 12.7. The summed E-state index contributed by atoms with van der Waals surface area (Å²) < 4.78 is 6.38. The van der Waals surface area contributed by atoms with Crippen molar-refractivity contribution in [2.75, 3.05) is 43.2 Å². The number of hydrogen-bond donors (Lipinski definition) is 1. The standard InChI is InChI=1S/C20H23N5O3S/c1-13-14(18(27)23-19(21-13)25-9-11-28-12-10-25)7-8-17(26)24(2)20-22-15-5-3-4-6-16(15)29-20/h3-6H,7-12H2,1-2H3,(H,21,23,27). The second-order valence-electron chi connectivity index (χ2n) is 6.97. The van der Waals surface area contributed by atoms with Crippen molar-refractivity contribution in [3.8, 4) is 0 Å². The molecule has 0 spiro atoms. The van der Waals surface area contributed by atoms with E-state index in [1.807, 2.05) is 36.1 Å². The minimum Gasteiger partial charge on any atom is -0.378 e. The van der Waals surface area contributed by atoms with Crippen LogP contribution in [0.1, 0.15) is 17.7 Å². The fraction of sp³-hybridized carbons (Fsp3) is 0.400. The Morgan fingerprint density at radius 2 is 2.03 bits per heavy atom. The van der Waals surface area contributed by atoms with Gasteiger partial charge < -0.3 is 9.64 Å². The SMILES string of the molecule is Cc1nc(N2CCOCC2)[nH]c(=O)c1CCC(=O)N(C)c1nc2ccccc2s1. The van der Waals surface area contributed by atoms with Gasteiger partial charge in [0.15, 0.2) is 5.13 Å². The average Bonchev–Trinajstić information content (AvgIpc) is 3.17. The predicted molar refractivity (Wildman–Crippen MR) is 114 cm³/mol. The second-order valence-corrected chi connectivity index (χ2v) is 7.98. The Kier molecular flexibility index (Phi) is 5.59. The number of H-pyrrole nitrogens is 1. The van der Waals surface area contributed by atoms with E-state index in [0.29, 0.717) is 55.1 Å². The topological polar surface area (TPSA) is 91.4 Å². The van der Waals surface area contributed by atoms with Gasteiger partial charge in [-0.15, -0.1) is 0 Å². The van der Waals surface area contributed by atoms with Crippen LogP contribution in [0, 0.1) is 6.92 Å². The van der Waals surface area contributed by atoms with E-state index in [1.54, 1.807) is 11.9 Å². The number of ether oxygens (including phenoxy) is 1. The van der Waals surface area contributed by atoms with Crippen molar-refractivity contribution in [2.45, 2.75) is 19.8 Å². The van der Waals surface area contributed by atoms with Crippen LogP contribution in [-0.4, -0.2) is 54.2 Å². The van der Waals surface area contributed by atoms with Gasteiger partial charge in [-0.25, -0.2) is 9.97 Å². The van der Waals surface area contributed by atoms with Crippen molar-refractivity contribution in [3.63, 3.8) is 0 Å². The Bertz CT molecular complexity index is 1050. The second kappa shape index (κ2) is 8.30. The number of anilines is 2. The Morgan fingerprint density at radius 1 is 1.28 bits per heavy atom. The van der Waals surface area contributed by atoms with Crippen LogP contribution in [0.5, 0.6) is 0 Å². The van der Waals surface area contributed by atoms with Gasteiger partial charge in [-0.05, 0) is 25.5 Å². The van der Waals surface area contributed by atoms with Crippen molar-refractivity contribution in [1.82, 2.24) is 15.0 Å². The van der Waals surface area contributed by atoms with Crippen LogP contribution >= 0.6 is 11.3 Å². The molecule has 0 bridgehead atoms.